The molecule has 0 heterocycles. The standard InChI is InChI=1S/4C6H6O4S.Sn/c4*7-5-2-1-3-6(4-5)11(8,9)10;/h4*1-4,7H,(H,8,9,10);/q;;;;+4/p-4. The SMILES string of the molecule is O=S(=O)(O)c1cccc(O)c1.O=S(=O)(O)c1cccc(O)c1.O=S(=O)([O-])c1cccc([O-])c1.O=S(=O)([O-])c1cccc([O-])c1.[Sn+4]. The molecule has 4 rings (SSSR count). The molecule has 240 valence electrons. The molecule has 45 heavy (non-hydrogen) atoms. The van der Waals surface area contributed by atoms with E-state index in [1.807, 2.05) is 0 Å². The Labute approximate surface area is 274 Å². The summed E-state index contributed by atoms with van der Waals surface area (Å²) >= 11 is 0. The molecule has 0 aliphatic heterocycles. The number of rotatable bonds is 4. The molecule has 0 radical (unpaired) electrons. The molecule has 4 aromatic rings. The van der Waals surface area contributed by atoms with Crippen LogP contribution in [0.4, 0.5) is 0 Å². The van der Waals surface area contributed by atoms with Gasteiger partial charge in [0.2, 0.25) is 0 Å². The fraction of sp³-hybridized carbons (Fsp3) is 0. The Kier molecular flexibility index (Phi) is 15.9. The van der Waals surface area contributed by atoms with Gasteiger partial charge in [0, 0.05) is 12.1 Å². The maximum absolute atomic E-state index is 10.5. The third kappa shape index (κ3) is 16.4. The second kappa shape index (κ2) is 17.3. The molecule has 0 fully saturated rings. The molecule has 0 spiro atoms. The molecular formula is C24H20O16S4Sn. The van der Waals surface area contributed by atoms with E-state index in [0.717, 1.165) is 36.4 Å². The number of hydrogen-bond acceptors (Lipinski definition) is 14. The average Bonchev–Trinajstić information content (AvgIpc) is 2.88. The van der Waals surface area contributed by atoms with Crippen molar-refractivity contribution >= 4 is 64.4 Å². The Hall–Kier alpha value is -3.48. The summed E-state index contributed by atoms with van der Waals surface area (Å²) in [5.41, 5.74) is 0. The zero-order valence-corrected chi connectivity index (χ0v) is 28.2. The van der Waals surface area contributed by atoms with Crippen LogP contribution in [-0.4, -0.2) is 86.0 Å². The Morgan fingerprint density at radius 2 is 0.711 bits per heavy atom. The van der Waals surface area contributed by atoms with Crippen LogP contribution in [0.3, 0.4) is 0 Å². The second-order valence-electron chi connectivity index (χ2n) is 7.80. The van der Waals surface area contributed by atoms with E-state index in [1.165, 1.54) is 60.7 Å². The van der Waals surface area contributed by atoms with Gasteiger partial charge in [-0.05, 0) is 36.4 Å². The number of aromatic hydroxyl groups is 2. The van der Waals surface area contributed by atoms with E-state index in [4.69, 9.17) is 19.3 Å². The molecule has 0 aliphatic rings. The fourth-order valence-corrected chi connectivity index (χ4v) is 4.60. The molecule has 0 unspecified atom stereocenters. The summed E-state index contributed by atoms with van der Waals surface area (Å²) in [5, 5.41) is 38.7. The third-order valence-corrected chi connectivity index (χ3v) is 7.78. The summed E-state index contributed by atoms with van der Waals surface area (Å²) in [6, 6.07) is 18.2. The van der Waals surface area contributed by atoms with Gasteiger partial charge in [0.1, 0.15) is 31.7 Å². The van der Waals surface area contributed by atoms with Crippen molar-refractivity contribution in [2.24, 2.45) is 0 Å². The van der Waals surface area contributed by atoms with Gasteiger partial charge < -0.3 is 29.5 Å². The van der Waals surface area contributed by atoms with Crippen molar-refractivity contribution in [3.63, 3.8) is 0 Å². The van der Waals surface area contributed by atoms with Crippen LogP contribution in [0.25, 0.3) is 0 Å². The largest absolute Gasteiger partial charge is 4.00 e. The monoisotopic (exact) mass is 812 g/mol. The molecule has 0 saturated heterocycles. The third-order valence-electron chi connectivity index (χ3n) is 4.42. The minimum atomic E-state index is -4.48. The van der Waals surface area contributed by atoms with Crippen molar-refractivity contribution in [3.05, 3.63) is 97.1 Å². The van der Waals surface area contributed by atoms with Gasteiger partial charge in [-0.1, -0.05) is 48.5 Å². The van der Waals surface area contributed by atoms with Gasteiger partial charge in [-0.2, -0.15) is 16.8 Å². The molecule has 21 heteroatoms. The molecule has 0 amide bonds. The van der Waals surface area contributed by atoms with Crippen LogP contribution < -0.4 is 10.2 Å². The van der Waals surface area contributed by atoms with E-state index >= 15 is 0 Å². The summed E-state index contributed by atoms with van der Waals surface area (Å²) in [5.74, 6) is -1.36. The molecule has 0 aliphatic carbocycles. The van der Waals surface area contributed by atoms with Crippen LogP contribution in [0.5, 0.6) is 23.0 Å². The smallest absolute Gasteiger partial charge is 0.872 e. The van der Waals surface area contributed by atoms with Gasteiger partial charge in [0.15, 0.2) is 0 Å². The molecule has 4 N–H and O–H groups in total. The van der Waals surface area contributed by atoms with Crippen molar-refractivity contribution in [3.8, 4) is 23.0 Å². The van der Waals surface area contributed by atoms with Gasteiger partial charge in [0.25, 0.3) is 20.2 Å². The second-order valence-corrected chi connectivity index (χ2v) is 13.4. The predicted molar refractivity (Wildman–Crippen MR) is 149 cm³/mol. The van der Waals surface area contributed by atoms with E-state index in [2.05, 4.69) is 0 Å². The number of benzene rings is 4. The van der Waals surface area contributed by atoms with Crippen LogP contribution in [-0.2, 0) is 40.5 Å². The van der Waals surface area contributed by atoms with Crippen molar-refractivity contribution in [1.29, 1.82) is 0 Å². The molecule has 0 saturated carbocycles. The Balaban J connectivity index is 0.000000569. The van der Waals surface area contributed by atoms with Crippen LogP contribution >= 0.6 is 0 Å². The molecule has 0 aromatic heterocycles. The molecule has 0 bridgehead atoms. The van der Waals surface area contributed by atoms with Crippen LogP contribution in [0.2, 0.25) is 0 Å². The summed E-state index contributed by atoms with van der Waals surface area (Å²) in [7, 11) is -17.3. The zero-order valence-electron chi connectivity index (χ0n) is 22.1. The Morgan fingerprint density at radius 3 is 0.889 bits per heavy atom. The van der Waals surface area contributed by atoms with Gasteiger partial charge in [-0.15, -0.1) is 11.5 Å². The minimum absolute atomic E-state index is 0. The van der Waals surface area contributed by atoms with E-state index in [1.54, 1.807) is 0 Å². The predicted octanol–water partition coefficient (Wildman–Crippen LogP) is 0.226. The van der Waals surface area contributed by atoms with Crippen molar-refractivity contribution in [2.75, 3.05) is 0 Å². The first-order chi connectivity index (χ1) is 20.0. The van der Waals surface area contributed by atoms with E-state index in [-0.39, 0.29) is 45.2 Å². The van der Waals surface area contributed by atoms with E-state index in [9.17, 15) is 53.0 Å². The zero-order chi connectivity index (χ0) is 33.9. The summed E-state index contributed by atoms with van der Waals surface area (Å²) in [6.45, 7) is 0. The van der Waals surface area contributed by atoms with Crippen LogP contribution in [0, 0.1) is 0 Å². The van der Waals surface area contributed by atoms with Crippen LogP contribution in [0.1, 0.15) is 0 Å². The van der Waals surface area contributed by atoms with E-state index < -0.39 is 61.8 Å². The van der Waals surface area contributed by atoms with Gasteiger partial charge in [-0.25, -0.2) is 16.8 Å². The van der Waals surface area contributed by atoms with Gasteiger partial charge in [0.05, 0.1) is 19.6 Å². The summed E-state index contributed by atoms with van der Waals surface area (Å²) in [6.07, 6.45) is 0. The maximum Gasteiger partial charge on any atom is 4.00 e. The number of hydrogen-bond donors (Lipinski definition) is 4. The fourth-order valence-electron chi connectivity index (χ4n) is 2.55. The van der Waals surface area contributed by atoms with Crippen molar-refractivity contribution in [2.45, 2.75) is 19.6 Å². The number of phenols is 2. The normalized spacial score (nSPS) is 11.1. The number of phenolic OH excluding ortho intramolecular Hbond substituents is 2. The van der Waals surface area contributed by atoms with Gasteiger partial charge >= 0.3 is 23.9 Å². The Morgan fingerprint density at radius 1 is 0.444 bits per heavy atom. The first-order valence-electron chi connectivity index (χ1n) is 11.0. The topological polar surface area (TPSA) is 310 Å². The summed E-state index contributed by atoms with van der Waals surface area (Å²) < 4.78 is 120. The van der Waals surface area contributed by atoms with Crippen LogP contribution in [0.15, 0.2) is 117 Å². The first kappa shape index (κ1) is 41.5. The average molecular weight is 811 g/mol. The molecule has 0 atom stereocenters. The van der Waals surface area contributed by atoms with Gasteiger partial charge in [-0.3, -0.25) is 9.11 Å². The van der Waals surface area contributed by atoms with Crippen molar-refractivity contribution < 1.29 is 72.3 Å². The Bertz CT molecular complexity index is 1720. The van der Waals surface area contributed by atoms with E-state index in [0.29, 0.717) is 0 Å². The quantitative estimate of drug-likeness (QED) is 0.158. The van der Waals surface area contributed by atoms with Crippen molar-refractivity contribution in [1.82, 2.24) is 0 Å². The maximum atomic E-state index is 10.5. The molecule has 16 nitrogen and oxygen atoms in total. The minimum Gasteiger partial charge on any atom is -0.872 e. The summed E-state index contributed by atoms with van der Waals surface area (Å²) in [4.78, 5) is -1.58. The first-order valence-corrected chi connectivity index (χ1v) is 16.7. The molecular weight excluding hydrogens is 791 g/mol. The molecule has 4 aromatic carbocycles.